The van der Waals surface area contributed by atoms with Gasteiger partial charge in [0.1, 0.15) is 11.3 Å². The van der Waals surface area contributed by atoms with Gasteiger partial charge in [0.05, 0.1) is 18.3 Å². The lowest BCUT2D eigenvalue weighted by atomic mass is 10.1. The predicted molar refractivity (Wildman–Crippen MR) is 82.2 cm³/mol. The largest absolute Gasteiger partial charge is 0.380 e. The highest BCUT2D eigenvalue weighted by molar-refractivity contribution is 6.17. The zero-order valence-electron chi connectivity index (χ0n) is 12.2. The molecule has 0 bridgehead atoms. The van der Waals surface area contributed by atoms with Crippen LogP contribution in [0.2, 0.25) is 0 Å². The summed E-state index contributed by atoms with van der Waals surface area (Å²) in [5, 5.41) is 0. The minimum Gasteiger partial charge on any atom is -0.380 e. The number of aromatic nitrogens is 3. The van der Waals surface area contributed by atoms with Gasteiger partial charge in [0.2, 0.25) is 0 Å². The van der Waals surface area contributed by atoms with Crippen LogP contribution in [0.5, 0.6) is 0 Å². The molecule has 2 heterocycles. The number of rotatable bonds is 8. The van der Waals surface area contributed by atoms with Gasteiger partial charge >= 0.3 is 0 Å². The van der Waals surface area contributed by atoms with E-state index in [0.29, 0.717) is 18.4 Å². The summed E-state index contributed by atoms with van der Waals surface area (Å²) in [7, 11) is 0. The molecule has 0 atom stereocenters. The summed E-state index contributed by atoms with van der Waals surface area (Å²) in [4.78, 5) is 8.71. The second-order valence-corrected chi connectivity index (χ2v) is 5.66. The molecule has 0 radical (unpaired) electrons. The van der Waals surface area contributed by atoms with Crippen LogP contribution in [0.15, 0.2) is 18.5 Å². The predicted octanol–water partition coefficient (Wildman–Crippen LogP) is 3.28. The third kappa shape index (κ3) is 3.93. The average molecular weight is 296 g/mol. The molecule has 4 nitrogen and oxygen atoms in total. The first-order valence-corrected chi connectivity index (χ1v) is 7.68. The van der Waals surface area contributed by atoms with Crippen LogP contribution in [0.1, 0.15) is 26.1 Å². The minimum absolute atomic E-state index is 0.574. The van der Waals surface area contributed by atoms with Crippen molar-refractivity contribution in [2.24, 2.45) is 5.92 Å². The third-order valence-electron chi connectivity index (χ3n) is 3.25. The molecule has 0 fully saturated rings. The van der Waals surface area contributed by atoms with Gasteiger partial charge in [0.15, 0.2) is 0 Å². The zero-order chi connectivity index (χ0) is 14.4. The Morgan fingerprint density at radius 1 is 1.35 bits per heavy atom. The summed E-state index contributed by atoms with van der Waals surface area (Å²) in [6.45, 7) is 6.74. The highest BCUT2D eigenvalue weighted by atomic mass is 35.5. The molecule has 0 aromatic carbocycles. The highest BCUT2D eigenvalue weighted by Gasteiger charge is 2.09. The Morgan fingerprint density at radius 3 is 2.95 bits per heavy atom. The molecule has 2 rings (SSSR count). The van der Waals surface area contributed by atoms with Crippen LogP contribution in [-0.4, -0.2) is 33.6 Å². The number of nitrogens with zero attached hydrogens (tertiary/aromatic N) is 3. The molecule has 0 saturated carbocycles. The molecule has 0 aliphatic carbocycles. The summed E-state index contributed by atoms with van der Waals surface area (Å²) < 4.78 is 7.89. The van der Waals surface area contributed by atoms with Crippen LogP contribution in [0.3, 0.4) is 0 Å². The zero-order valence-corrected chi connectivity index (χ0v) is 12.9. The quantitative estimate of drug-likeness (QED) is 0.554. The summed E-state index contributed by atoms with van der Waals surface area (Å²) in [6, 6.07) is 1.99. The van der Waals surface area contributed by atoms with Gasteiger partial charge in [-0.25, -0.2) is 4.98 Å². The number of ether oxygens (including phenoxy) is 1. The minimum atomic E-state index is 0.574. The average Bonchev–Trinajstić information content (AvgIpc) is 2.76. The van der Waals surface area contributed by atoms with Crippen molar-refractivity contribution < 1.29 is 4.74 Å². The maximum absolute atomic E-state index is 5.85. The number of pyridine rings is 1. The van der Waals surface area contributed by atoms with Gasteiger partial charge in [-0.15, -0.1) is 11.6 Å². The van der Waals surface area contributed by atoms with E-state index in [-0.39, 0.29) is 0 Å². The monoisotopic (exact) mass is 295 g/mol. The van der Waals surface area contributed by atoms with Crippen molar-refractivity contribution in [3.63, 3.8) is 0 Å². The fraction of sp³-hybridized carbons (Fsp3) is 0.600. The lowest BCUT2D eigenvalue weighted by Gasteiger charge is -2.10. The van der Waals surface area contributed by atoms with Gasteiger partial charge in [0, 0.05) is 31.6 Å². The molecular weight excluding hydrogens is 274 g/mol. The third-order valence-corrected chi connectivity index (χ3v) is 3.44. The molecule has 0 aliphatic heterocycles. The normalized spacial score (nSPS) is 11.6. The Labute approximate surface area is 125 Å². The number of halogens is 1. The Bertz CT molecular complexity index is 539. The summed E-state index contributed by atoms with van der Waals surface area (Å²) >= 11 is 5.85. The summed E-state index contributed by atoms with van der Waals surface area (Å²) in [5.41, 5.74) is 2.03. The van der Waals surface area contributed by atoms with Crippen LogP contribution in [0, 0.1) is 5.92 Å². The molecule has 0 amide bonds. The van der Waals surface area contributed by atoms with Gasteiger partial charge in [-0.2, -0.15) is 0 Å². The summed E-state index contributed by atoms with van der Waals surface area (Å²) in [5.74, 6) is 2.27. The Hall–Kier alpha value is -1.13. The number of aryl methyl sites for hydroxylation is 1. The van der Waals surface area contributed by atoms with E-state index in [0.717, 1.165) is 42.9 Å². The smallest absolute Gasteiger partial charge is 0.111 e. The van der Waals surface area contributed by atoms with Crippen LogP contribution >= 0.6 is 11.6 Å². The van der Waals surface area contributed by atoms with Gasteiger partial charge in [-0.05, 0) is 18.4 Å². The first-order chi connectivity index (χ1) is 9.72. The van der Waals surface area contributed by atoms with Crippen molar-refractivity contribution in [1.82, 2.24) is 14.5 Å². The van der Waals surface area contributed by atoms with Gasteiger partial charge in [-0.3, -0.25) is 4.98 Å². The number of hydrogen-bond acceptors (Lipinski definition) is 3. The molecule has 20 heavy (non-hydrogen) atoms. The van der Waals surface area contributed by atoms with Crippen LogP contribution in [0.4, 0.5) is 0 Å². The van der Waals surface area contributed by atoms with Crippen molar-refractivity contribution in [2.75, 3.05) is 19.1 Å². The fourth-order valence-electron chi connectivity index (χ4n) is 2.13. The van der Waals surface area contributed by atoms with E-state index in [4.69, 9.17) is 16.3 Å². The highest BCUT2D eigenvalue weighted by Crippen LogP contribution is 2.15. The molecule has 0 spiro atoms. The van der Waals surface area contributed by atoms with E-state index in [1.54, 1.807) is 12.4 Å². The summed E-state index contributed by atoms with van der Waals surface area (Å²) in [6.07, 6.45) is 5.46. The van der Waals surface area contributed by atoms with Crippen molar-refractivity contribution in [3.05, 3.63) is 24.3 Å². The van der Waals surface area contributed by atoms with E-state index in [2.05, 4.69) is 28.4 Å². The van der Waals surface area contributed by atoms with Crippen LogP contribution in [0.25, 0.3) is 11.0 Å². The molecule has 0 saturated heterocycles. The topological polar surface area (TPSA) is 39.9 Å². The Kier molecular flexibility index (Phi) is 5.80. The molecule has 5 heteroatoms. The van der Waals surface area contributed by atoms with E-state index in [1.807, 2.05) is 6.07 Å². The number of fused-ring (bicyclic) bond motifs is 1. The molecule has 0 unspecified atom stereocenters. The second kappa shape index (κ2) is 7.60. The maximum atomic E-state index is 5.85. The van der Waals surface area contributed by atoms with Gasteiger partial charge < -0.3 is 9.30 Å². The Balaban J connectivity index is 2.01. The van der Waals surface area contributed by atoms with Gasteiger partial charge in [0.25, 0.3) is 0 Å². The molecule has 2 aromatic rings. The van der Waals surface area contributed by atoms with Gasteiger partial charge in [-0.1, -0.05) is 13.8 Å². The second-order valence-electron chi connectivity index (χ2n) is 5.28. The molecule has 0 N–H and O–H groups in total. The molecular formula is C15H22ClN3O. The first kappa shape index (κ1) is 15.3. The van der Waals surface area contributed by atoms with Crippen molar-refractivity contribution in [1.29, 1.82) is 0 Å². The first-order valence-electron chi connectivity index (χ1n) is 7.15. The van der Waals surface area contributed by atoms with Crippen LogP contribution in [-0.2, 0) is 17.7 Å². The maximum Gasteiger partial charge on any atom is 0.111 e. The Morgan fingerprint density at radius 2 is 2.20 bits per heavy atom. The lowest BCUT2D eigenvalue weighted by Crippen LogP contribution is -2.11. The van der Waals surface area contributed by atoms with E-state index < -0.39 is 0 Å². The number of alkyl halides is 1. The number of imidazole rings is 1. The fourth-order valence-corrected chi connectivity index (χ4v) is 2.30. The van der Waals surface area contributed by atoms with E-state index >= 15 is 0 Å². The lowest BCUT2D eigenvalue weighted by molar-refractivity contribution is 0.116. The SMILES string of the molecule is CC(C)CCOCCn1c(CCCl)nc2cnccc21. The van der Waals surface area contributed by atoms with E-state index in [1.165, 1.54) is 0 Å². The molecule has 0 aliphatic rings. The molecule has 2 aromatic heterocycles. The van der Waals surface area contributed by atoms with Crippen molar-refractivity contribution >= 4 is 22.6 Å². The van der Waals surface area contributed by atoms with Crippen molar-refractivity contribution in [2.45, 2.75) is 33.2 Å². The van der Waals surface area contributed by atoms with Crippen molar-refractivity contribution in [3.8, 4) is 0 Å². The van der Waals surface area contributed by atoms with E-state index in [9.17, 15) is 0 Å². The standard InChI is InChI=1S/C15H22ClN3O/c1-12(2)5-9-20-10-8-19-14-4-7-17-11-13(14)18-15(19)3-6-16/h4,7,11-12H,3,5-6,8-10H2,1-2H3. The number of hydrogen-bond donors (Lipinski definition) is 0. The van der Waals surface area contributed by atoms with Crippen LogP contribution < -0.4 is 0 Å². The molecule has 110 valence electrons.